The molecule has 0 unspecified atom stereocenters. The molecule has 9 heteroatoms. The largest absolute Gasteiger partial charge is 0.477 e. The van der Waals surface area contributed by atoms with Crippen molar-refractivity contribution in [2.75, 3.05) is 37.7 Å². The molecule has 0 atom stereocenters. The van der Waals surface area contributed by atoms with Gasteiger partial charge in [-0.25, -0.2) is 14.4 Å². The summed E-state index contributed by atoms with van der Waals surface area (Å²) in [6.07, 6.45) is 1.50. The van der Waals surface area contributed by atoms with Crippen LogP contribution in [0.3, 0.4) is 0 Å². The smallest absolute Gasteiger partial charge is 0.275 e. The number of halogens is 1. The number of aryl methyl sites for hydroxylation is 1. The summed E-state index contributed by atoms with van der Waals surface area (Å²) in [7, 11) is 1.75. The summed E-state index contributed by atoms with van der Waals surface area (Å²) in [6, 6.07) is 6.21. The number of benzene rings is 1. The Balaban J connectivity index is 1.44. The zero-order valence-corrected chi connectivity index (χ0v) is 17.4. The van der Waals surface area contributed by atoms with Crippen LogP contribution >= 0.6 is 0 Å². The van der Waals surface area contributed by atoms with E-state index in [4.69, 9.17) is 4.74 Å². The Bertz CT molecular complexity index is 1060. The van der Waals surface area contributed by atoms with Gasteiger partial charge in [-0.15, -0.1) is 0 Å². The lowest BCUT2D eigenvalue weighted by molar-refractivity contribution is 0.0741. The first-order valence-electron chi connectivity index (χ1n) is 10.0. The van der Waals surface area contributed by atoms with Crippen molar-refractivity contribution in [2.45, 2.75) is 13.8 Å². The van der Waals surface area contributed by atoms with Crippen molar-refractivity contribution in [1.82, 2.24) is 24.6 Å². The van der Waals surface area contributed by atoms with Gasteiger partial charge >= 0.3 is 0 Å². The summed E-state index contributed by atoms with van der Waals surface area (Å²) in [4.78, 5) is 25.4. The van der Waals surface area contributed by atoms with Crippen LogP contribution in [0.4, 0.5) is 10.2 Å². The summed E-state index contributed by atoms with van der Waals surface area (Å²) < 4.78 is 21.0. The van der Waals surface area contributed by atoms with E-state index in [0.717, 1.165) is 11.3 Å². The number of anilines is 1. The van der Waals surface area contributed by atoms with Crippen molar-refractivity contribution in [3.63, 3.8) is 0 Å². The molecule has 3 heterocycles. The standard InChI is InChI=1S/C21H25FN6O2/c1-14(2)12-30-19-11-18(23-13-24-19)27-6-8-28(9-7-27)21(29)20-16-10-15(22)4-5-17(16)26(3)25-20/h4-5,10-11,13-14H,6-9,12H2,1-3H3. The summed E-state index contributed by atoms with van der Waals surface area (Å²) >= 11 is 0. The molecule has 0 radical (unpaired) electrons. The maximum atomic E-state index is 13.7. The van der Waals surface area contributed by atoms with Crippen molar-refractivity contribution in [3.05, 3.63) is 42.1 Å². The summed E-state index contributed by atoms with van der Waals surface area (Å²) in [6.45, 7) is 7.07. The number of nitrogens with zero attached hydrogens (tertiary/aromatic N) is 6. The first-order chi connectivity index (χ1) is 14.4. The van der Waals surface area contributed by atoms with Crippen LogP contribution in [0.2, 0.25) is 0 Å². The fourth-order valence-electron chi connectivity index (χ4n) is 3.52. The second-order valence-electron chi connectivity index (χ2n) is 7.83. The highest BCUT2D eigenvalue weighted by Gasteiger charge is 2.26. The van der Waals surface area contributed by atoms with Gasteiger partial charge in [-0.2, -0.15) is 5.10 Å². The molecule has 1 aromatic carbocycles. The van der Waals surface area contributed by atoms with Gasteiger partial charge in [-0.05, 0) is 24.1 Å². The van der Waals surface area contributed by atoms with Gasteiger partial charge in [0.1, 0.15) is 18.0 Å². The average Bonchev–Trinajstić information content (AvgIpc) is 3.07. The molecule has 0 N–H and O–H groups in total. The molecule has 4 rings (SSSR count). The van der Waals surface area contributed by atoms with E-state index in [1.165, 1.54) is 18.5 Å². The van der Waals surface area contributed by atoms with Crippen LogP contribution in [0, 0.1) is 11.7 Å². The molecular formula is C21H25FN6O2. The molecule has 2 aromatic heterocycles. The quantitative estimate of drug-likeness (QED) is 0.641. The van der Waals surface area contributed by atoms with E-state index in [-0.39, 0.29) is 17.4 Å². The Labute approximate surface area is 174 Å². The van der Waals surface area contributed by atoms with Gasteiger partial charge in [0.05, 0.1) is 12.1 Å². The number of carbonyl (C=O) groups excluding carboxylic acids is 1. The predicted octanol–water partition coefficient (Wildman–Crippen LogP) is 2.50. The lowest BCUT2D eigenvalue weighted by Gasteiger charge is -2.35. The molecule has 0 saturated carbocycles. The minimum absolute atomic E-state index is 0.186. The second kappa shape index (κ2) is 8.25. The molecule has 0 bridgehead atoms. The highest BCUT2D eigenvalue weighted by atomic mass is 19.1. The summed E-state index contributed by atoms with van der Waals surface area (Å²) in [5, 5.41) is 4.87. The first kappa shape index (κ1) is 20.1. The van der Waals surface area contributed by atoms with Gasteiger partial charge in [0.15, 0.2) is 5.69 Å². The topological polar surface area (TPSA) is 76.4 Å². The minimum atomic E-state index is -0.381. The number of ether oxygens (including phenoxy) is 1. The molecule has 0 spiro atoms. The minimum Gasteiger partial charge on any atom is -0.477 e. The van der Waals surface area contributed by atoms with E-state index in [9.17, 15) is 9.18 Å². The van der Waals surface area contributed by atoms with Gasteiger partial charge in [0.2, 0.25) is 5.88 Å². The van der Waals surface area contributed by atoms with Crippen molar-refractivity contribution >= 4 is 22.6 Å². The number of carbonyl (C=O) groups is 1. The SMILES string of the molecule is CC(C)COc1cc(N2CCN(C(=O)c3nn(C)c4ccc(F)cc34)CC2)ncn1. The van der Waals surface area contributed by atoms with E-state index in [2.05, 4.69) is 33.8 Å². The zero-order chi connectivity index (χ0) is 21.3. The van der Waals surface area contributed by atoms with Gasteiger partial charge in [0.25, 0.3) is 5.91 Å². The first-order valence-corrected chi connectivity index (χ1v) is 10.0. The van der Waals surface area contributed by atoms with Crippen LogP contribution in [-0.2, 0) is 7.05 Å². The molecule has 1 fully saturated rings. The molecule has 30 heavy (non-hydrogen) atoms. The van der Waals surface area contributed by atoms with E-state index in [1.807, 2.05) is 6.07 Å². The molecule has 158 valence electrons. The predicted molar refractivity (Wildman–Crippen MR) is 111 cm³/mol. The van der Waals surface area contributed by atoms with Gasteiger partial charge in [-0.1, -0.05) is 13.8 Å². The van der Waals surface area contributed by atoms with Crippen LogP contribution in [0.25, 0.3) is 10.9 Å². The van der Waals surface area contributed by atoms with Crippen LogP contribution in [0.15, 0.2) is 30.6 Å². The Morgan fingerprint density at radius 1 is 1.17 bits per heavy atom. The molecular weight excluding hydrogens is 387 g/mol. The van der Waals surface area contributed by atoms with Crippen molar-refractivity contribution in [2.24, 2.45) is 13.0 Å². The molecule has 1 aliphatic heterocycles. The molecule has 3 aromatic rings. The lowest BCUT2D eigenvalue weighted by Crippen LogP contribution is -2.49. The lowest BCUT2D eigenvalue weighted by atomic mass is 10.1. The molecule has 0 aliphatic carbocycles. The number of aromatic nitrogens is 4. The molecule has 8 nitrogen and oxygen atoms in total. The number of piperazine rings is 1. The number of rotatable bonds is 5. The van der Waals surface area contributed by atoms with Crippen LogP contribution in [0.5, 0.6) is 5.88 Å². The second-order valence-corrected chi connectivity index (χ2v) is 7.83. The highest BCUT2D eigenvalue weighted by molar-refractivity contribution is 6.05. The van der Waals surface area contributed by atoms with Crippen molar-refractivity contribution < 1.29 is 13.9 Å². The van der Waals surface area contributed by atoms with E-state index >= 15 is 0 Å². The fourth-order valence-corrected chi connectivity index (χ4v) is 3.52. The molecule has 1 saturated heterocycles. The van der Waals surface area contributed by atoms with Crippen LogP contribution in [0.1, 0.15) is 24.3 Å². The Morgan fingerprint density at radius 3 is 2.67 bits per heavy atom. The third-order valence-electron chi connectivity index (χ3n) is 5.10. The Hall–Kier alpha value is -3.23. The third-order valence-corrected chi connectivity index (χ3v) is 5.10. The van der Waals surface area contributed by atoms with Crippen molar-refractivity contribution in [1.29, 1.82) is 0 Å². The van der Waals surface area contributed by atoms with E-state index in [0.29, 0.717) is 50.0 Å². The summed E-state index contributed by atoms with van der Waals surface area (Å²) in [5.41, 5.74) is 1.01. The van der Waals surface area contributed by atoms with Gasteiger partial charge in [0, 0.05) is 44.7 Å². The Morgan fingerprint density at radius 2 is 1.93 bits per heavy atom. The molecule has 1 aliphatic rings. The number of amides is 1. The van der Waals surface area contributed by atoms with Gasteiger partial charge < -0.3 is 14.5 Å². The monoisotopic (exact) mass is 412 g/mol. The van der Waals surface area contributed by atoms with E-state index < -0.39 is 0 Å². The number of hydrogen-bond acceptors (Lipinski definition) is 6. The summed E-state index contributed by atoms with van der Waals surface area (Å²) in [5.74, 6) is 1.17. The van der Waals surface area contributed by atoms with E-state index in [1.54, 1.807) is 22.7 Å². The maximum absolute atomic E-state index is 13.7. The number of fused-ring (bicyclic) bond motifs is 1. The molecule has 1 amide bonds. The third kappa shape index (κ3) is 4.05. The zero-order valence-electron chi connectivity index (χ0n) is 17.4. The van der Waals surface area contributed by atoms with Gasteiger partial charge in [-0.3, -0.25) is 9.48 Å². The number of hydrogen-bond donors (Lipinski definition) is 0. The van der Waals surface area contributed by atoms with Crippen LogP contribution in [-0.4, -0.2) is 63.3 Å². The highest BCUT2D eigenvalue weighted by Crippen LogP contribution is 2.22. The average molecular weight is 412 g/mol. The maximum Gasteiger partial charge on any atom is 0.275 e. The fraction of sp³-hybridized carbons (Fsp3) is 0.429. The van der Waals surface area contributed by atoms with Crippen LogP contribution < -0.4 is 9.64 Å². The Kier molecular flexibility index (Phi) is 5.52. The normalized spacial score (nSPS) is 14.6. The van der Waals surface area contributed by atoms with Crippen molar-refractivity contribution in [3.8, 4) is 5.88 Å².